The summed E-state index contributed by atoms with van der Waals surface area (Å²) in [6.07, 6.45) is 11.9. The fourth-order valence-corrected chi connectivity index (χ4v) is 2.61. The molecule has 0 saturated heterocycles. The molecular formula is C22H20N2O3. The van der Waals surface area contributed by atoms with Crippen LogP contribution in [0.1, 0.15) is 11.1 Å². The molecule has 0 unspecified atom stereocenters. The third kappa shape index (κ3) is 4.52. The number of aromatic nitrogens is 2. The van der Waals surface area contributed by atoms with E-state index in [-0.39, 0.29) is 5.78 Å². The monoisotopic (exact) mass is 360 g/mol. The van der Waals surface area contributed by atoms with E-state index < -0.39 is 0 Å². The van der Waals surface area contributed by atoms with E-state index in [1.54, 1.807) is 38.9 Å². The van der Waals surface area contributed by atoms with Crippen molar-refractivity contribution in [2.45, 2.75) is 0 Å². The van der Waals surface area contributed by atoms with Crippen LogP contribution >= 0.6 is 0 Å². The zero-order chi connectivity index (χ0) is 19.1. The van der Waals surface area contributed by atoms with Crippen molar-refractivity contribution in [1.82, 2.24) is 9.55 Å². The summed E-state index contributed by atoms with van der Waals surface area (Å²) in [7, 11) is 3.17. The van der Waals surface area contributed by atoms with Crippen LogP contribution in [-0.2, 0) is 4.79 Å². The minimum absolute atomic E-state index is 0.123. The highest BCUT2D eigenvalue weighted by Crippen LogP contribution is 2.29. The second-order valence-electron chi connectivity index (χ2n) is 5.71. The second-order valence-corrected chi connectivity index (χ2v) is 5.71. The van der Waals surface area contributed by atoms with Gasteiger partial charge in [-0.05, 0) is 48.1 Å². The van der Waals surface area contributed by atoms with Crippen LogP contribution in [0.2, 0.25) is 0 Å². The van der Waals surface area contributed by atoms with E-state index >= 15 is 0 Å². The summed E-state index contributed by atoms with van der Waals surface area (Å²) in [6, 6.07) is 13.3. The van der Waals surface area contributed by atoms with E-state index in [0.717, 1.165) is 16.8 Å². The first-order valence-corrected chi connectivity index (χ1v) is 8.41. The number of methoxy groups -OCH3 is 2. The Morgan fingerprint density at radius 2 is 1.63 bits per heavy atom. The number of nitrogens with zero attached hydrogens (tertiary/aromatic N) is 2. The number of allylic oxidation sites excluding steroid dienone is 2. The van der Waals surface area contributed by atoms with Gasteiger partial charge >= 0.3 is 0 Å². The van der Waals surface area contributed by atoms with Crippen LogP contribution in [-0.4, -0.2) is 29.6 Å². The summed E-state index contributed by atoms with van der Waals surface area (Å²) in [5.41, 5.74) is 2.68. The maximum absolute atomic E-state index is 12.2. The molecule has 0 amide bonds. The van der Waals surface area contributed by atoms with Gasteiger partial charge in [-0.15, -0.1) is 0 Å². The van der Waals surface area contributed by atoms with Crippen LogP contribution in [0, 0.1) is 0 Å². The van der Waals surface area contributed by atoms with Gasteiger partial charge in [0, 0.05) is 18.1 Å². The molecule has 0 aliphatic rings. The smallest absolute Gasteiger partial charge is 0.178 e. The summed E-state index contributed by atoms with van der Waals surface area (Å²) in [5.74, 6) is 1.18. The van der Waals surface area contributed by atoms with E-state index in [2.05, 4.69) is 4.98 Å². The Balaban J connectivity index is 1.70. The Labute approximate surface area is 158 Å². The lowest BCUT2D eigenvalue weighted by Gasteiger charge is -2.09. The SMILES string of the molecule is COc1cccc(OC)c1/C=C/C(=O)/C=C/c1ccc(-n2ccnc2)cc1. The van der Waals surface area contributed by atoms with Gasteiger partial charge in [0.05, 0.1) is 26.1 Å². The van der Waals surface area contributed by atoms with E-state index in [4.69, 9.17) is 9.47 Å². The predicted octanol–water partition coefficient (Wildman–Crippen LogP) is 4.19. The molecule has 2 aromatic carbocycles. The van der Waals surface area contributed by atoms with Crippen LogP contribution in [0.15, 0.2) is 73.3 Å². The van der Waals surface area contributed by atoms with E-state index in [0.29, 0.717) is 11.5 Å². The molecule has 0 aliphatic carbocycles. The molecule has 27 heavy (non-hydrogen) atoms. The number of imidazole rings is 1. The second kappa shape index (κ2) is 8.67. The maximum atomic E-state index is 12.2. The number of hydrogen-bond donors (Lipinski definition) is 0. The number of ketones is 1. The molecule has 0 bridgehead atoms. The van der Waals surface area contributed by atoms with Crippen molar-refractivity contribution in [3.05, 3.63) is 84.5 Å². The summed E-state index contributed by atoms with van der Waals surface area (Å²) >= 11 is 0. The summed E-state index contributed by atoms with van der Waals surface area (Å²) in [6.45, 7) is 0. The first-order chi connectivity index (χ1) is 13.2. The summed E-state index contributed by atoms with van der Waals surface area (Å²) in [5, 5.41) is 0. The first kappa shape index (κ1) is 18.2. The fraction of sp³-hybridized carbons (Fsp3) is 0.0909. The molecule has 0 fully saturated rings. The lowest BCUT2D eigenvalue weighted by atomic mass is 10.1. The van der Waals surface area contributed by atoms with Gasteiger partial charge in [-0.1, -0.05) is 24.3 Å². The van der Waals surface area contributed by atoms with Gasteiger partial charge in [-0.3, -0.25) is 4.79 Å². The number of hydrogen-bond acceptors (Lipinski definition) is 4. The van der Waals surface area contributed by atoms with E-state index in [1.807, 2.05) is 53.2 Å². The van der Waals surface area contributed by atoms with E-state index in [9.17, 15) is 4.79 Å². The highest BCUT2D eigenvalue weighted by atomic mass is 16.5. The zero-order valence-corrected chi connectivity index (χ0v) is 15.2. The Hall–Kier alpha value is -3.60. The molecule has 1 aromatic heterocycles. The van der Waals surface area contributed by atoms with Crippen LogP contribution in [0.25, 0.3) is 17.8 Å². The number of carbonyl (C=O) groups is 1. The largest absolute Gasteiger partial charge is 0.496 e. The Morgan fingerprint density at radius 1 is 0.963 bits per heavy atom. The number of rotatable bonds is 7. The van der Waals surface area contributed by atoms with Crippen molar-refractivity contribution in [2.24, 2.45) is 0 Å². The maximum Gasteiger partial charge on any atom is 0.178 e. The molecule has 3 aromatic rings. The Bertz CT molecular complexity index is 933. The molecule has 5 heteroatoms. The van der Waals surface area contributed by atoms with Gasteiger partial charge in [0.15, 0.2) is 5.78 Å². The number of carbonyl (C=O) groups excluding carboxylic acids is 1. The molecule has 0 spiro atoms. The number of benzene rings is 2. The normalized spacial score (nSPS) is 11.2. The number of ether oxygens (including phenoxy) is 2. The van der Waals surface area contributed by atoms with Gasteiger partial charge < -0.3 is 14.0 Å². The molecule has 0 radical (unpaired) electrons. The minimum atomic E-state index is -0.123. The van der Waals surface area contributed by atoms with Crippen molar-refractivity contribution < 1.29 is 14.3 Å². The van der Waals surface area contributed by atoms with Gasteiger partial charge in [0.25, 0.3) is 0 Å². The standard InChI is InChI=1S/C22H20N2O3/c1-26-21-4-3-5-22(27-2)20(21)13-12-19(25)11-8-17-6-9-18(10-7-17)24-15-14-23-16-24/h3-16H,1-2H3/b11-8+,13-12+. The van der Waals surface area contributed by atoms with Gasteiger partial charge in [-0.25, -0.2) is 4.98 Å². The Morgan fingerprint density at radius 3 is 2.22 bits per heavy atom. The van der Waals surface area contributed by atoms with Crippen LogP contribution in [0.4, 0.5) is 0 Å². The van der Waals surface area contributed by atoms with Crippen molar-refractivity contribution in [2.75, 3.05) is 14.2 Å². The van der Waals surface area contributed by atoms with Crippen LogP contribution in [0.3, 0.4) is 0 Å². The average Bonchev–Trinajstić information content (AvgIpc) is 3.25. The quantitative estimate of drug-likeness (QED) is 0.593. The van der Waals surface area contributed by atoms with Gasteiger partial charge in [0.2, 0.25) is 0 Å². The predicted molar refractivity (Wildman–Crippen MR) is 106 cm³/mol. The third-order valence-electron chi connectivity index (χ3n) is 4.02. The first-order valence-electron chi connectivity index (χ1n) is 8.41. The van der Waals surface area contributed by atoms with Crippen LogP contribution in [0.5, 0.6) is 11.5 Å². The Kier molecular flexibility index (Phi) is 5.84. The van der Waals surface area contributed by atoms with Gasteiger partial charge in [-0.2, -0.15) is 0 Å². The molecule has 0 N–H and O–H groups in total. The van der Waals surface area contributed by atoms with Crippen molar-refractivity contribution >= 4 is 17.9 Å². The molecule has 3 rings (SSSR count). The third-order valence-corrected chi connectivity index (χ3v) is 4.02. The highest BCUT2D eigenvalue weighted by Gasteiger charge is 2.06. The van der Waals surface area contributed by atoms with Crippen molar-refractivity contribution in [3.8, 4) is 17.2 Å². The topological polar surface area (TPSA) is 53.4 Å². The molecule has 0 aliphatic heterocycles. The molecule has 1 heterocycles. The average molecular weight is 360 g/mol. The van der Waals surface area contributed by atoms with Crippen LogP contribution < -0.4 is 9.47 Å². The minimum Gasteiger partial charge on any atom is -0.496 e. The molecule has 5 nitrogen and oxygen atoms in total. The molecule has 136 valence electrons. The lowest BCUT2D eigenvalue weighted by Crippen LogP contribution is -1.93. The highest BCUT2D eigenvalue weighted by molar-refractivity contribution is 6.04. The summed E-state index contributed by atoms with van der Waals surface area (Å²) < 4.78 is 12.6. The van der Waals surface area contributed by atoms with Crippen molar-refractivity contribution in [1.29, 1.82) is 0 Å². The van der Waals surface area contributed by atoms with Gasteiger partial charge in [0.1, 0.15) is 11.5 Å². The lowest BCUT2D eigenvalue weighted by molar-refractivity contribution is -0.110. The zero-order valence-electron chi connectivity index (χ0n) is 15.2. The summed E-state index contributed by atoms with van der Waals surface area (Å²) in [4.78, 5) is 16.2. The molecular weight excluding hydrogens is 340 g/mol. The fourth-order valence-electron chi connectivity index (χ4n) is 2.61. The molecule has 0 saturated carbocycles. The van der Waals surface area contributed by atoms with E-state index in [1.165, 1.54) is 12.2 Å². The van der Waals surface area contributed by atoms with Crippen molar-refractivity contribution in [3.63, 3.8) is 0 Å². The molecule has 0 atom stereocenters.